The molecule has 0 saturated heterocycles. The van der Waals surface area contributed by atoms with Gasteiger partial charge in [-0.3, -0.25) is 14.9 Å². The summed E-state index contributed by atoms with van der Waals surface area (Å²) in [7, 11) is 0. The summed E-state index contributed by atoms with van der Waals surface area (Å²) in [5, 5.41) is 12.6. The number of alkyl halides is 3. The van der Waals surface area contributed by atoms with E-state index in [4.69, 9.17) is 14.2 Å². The van der Waals surface area contributed by atoms with Crippen molar-refractivity contribution in [2.24, 2.45) is 0 Å². The lowest BCUT2D eigenvalue weighted by atomic mass is 10.1. The molecular weight excluding hydrogens is 413 g/mol. The Morgan fingerprint density at radius 2 is 1.90 bits per heavy atom. The van der Waals surface area contributed by atoms with Gasteiger partial charge in [-0.25, -0.2) is 4.79 Å². The van der Waals surface area contributed by atoms with Gasteiger partial charge in [0.25, 0.3) is 11.6 Å². The van der Waals surface area contributed by atoms with E-state index in [1.54, 1.807) is 24.3 Å². The van der Waals surface area contributed by atoms with Crippen LogP contribution in [0.25, 0.3) is 0 Å². The van der Waals surface area contributed by atoms with Crippen LogP contribution in [0.1, 0.15) is 5.56 Å². The SMILES string of the molecule is O=C(COC(=O)C1COc2ccccc2O1)Nc1ccc([N+](=O)[O-])cc1C(F)(F)F. The van der Waals surface area contributed by atoms with Gasteiger partial charge >= 0.3 is 12.1 Å². The van der Waals surface area contributed by atoms with Crippen LogP contribution in [0.15, 0.2) is 42.5 Å². The summed E-state index contributed by atoms with van der Waals surface area (Å²) >= 11 is 0. The number of rotatable bonds is 5. The van der Waals surface area contributed by atoms with E-state index in [9.17, 15) is 32.9 Å². The zero-order valence-corrected chi connectivity index (χ0v) is 15.0. The van der Waals surface area contributed by atoms with E-state index in [2.05, 4.69) is 0 Å². The molecule has 1 N–H and O–H groups in total. The first-order valence-electron chi connectivity index (χ1n) is 8.36. The number of fused-ring (bicyclic) bond motifs is 1. The second-order valence-electron chi connectivity index (χ2n) is 6.00. The van der Waals surface area contributed by atoms with Crippen LogP contribution in [-0.2, 0) is 20.5 Å². The highest BCUT2D eigenvalue weighted by molar-refractivity contribution is 5.94. The molecule has 0 fully saturated rings. The maximum Gasteiger partial charge on any atom is 0.418 e. The number of esters is 1. The van der Waals surface area contributed by atoms with Crippen molar-refractivity contribution >= 4 is 23.3 Å². The predicted octanol–water partition coefficient (Wildman–Crippen LogP) is 2.94. The zero-order valence-electron chi connectivity index (χ0n) is 15.0. The van der Waals surface area contributed by atoms with Crippen LogP contribution >= 0.6 is 0 Å². The molecule has 0 aromatic heterocycles. The largest absolute Gasteiger partial charge is 0.485 e. The van der Waals surface area contributed by atoms with Gasteiger partial charge in [-0.15, -0.1) is 0 Å². The molecule has 2 aromatic rings. The molecule has 158 valence electrons. The molecular formula is C18H13F3N2O7. The van der Waals surface area contributed by atoms with Crippen LogP contribution in [0.4, 0.5) is 24.5 Å². The van der Waals surface area contributed by atoms with Gasteiger partial charge in [0.1, 0.15) is 6.61 Å². The maximum absolute atomic E-state index is 13.1. The van der Waals surface area contributed by atoms with Gasteiger partial charge < -0.3 is 19.5 Å². The van der Waals surface area contributed by atoms with Crippen LogP contribution < -0.4 is 14.8 Å². The molecule has 1 unspecified atom stereocenters. The Bertz CT molecular complexity index is 994. The average molecular weight is 426 g/mol. The first-order valence-corrected chi connectivity index (χ1v) is 8.36. The maximum atomic E-state index is 13.1. The van der Waals surface area contributed by atoms with E-state index in [1.807, 2.05) is 5.32 Å². The molecule has 2 aromatic carbocycles. The Balaban J connectivity index is 1.61. The number of benzene rings is 2. The molecule has 12 heteroatoms. The number of para-hydroxylation sites is 2. The van der Waals surface area contributed by atoms with Crippen LogP contribution in [0.2, 0.25) is 0 Å². The number of carbonyl (C=O) groups is 2. The fourth-order valence-corrected chi connectivity index (χ4v) is 2.54. The molecule has 1 heterocycles. The summed E-state index contributed by atoms with van der Waals surface area (Å²) in [4.78, 5) is 33.7. The third-order valence-corrected chi connectivity index (χ3v) is 3.91. The van der Waals surface area contributed by atoms with E-state index in [-0.39, 0.29) is 6.61 Å². The van der Waals surface area contributed by atoms with Gasteiger partial charge in [-0.1, -0.05) is 12.1 Å². The van der Waals surface area contributed by atoms with Crippen molar-refractivity contribution in [3.63, 3.8) is 0 Å². The summed E-state index contributed by atoms with van der Waals surface area (Å²) in [6.45, 7) is -1.06. The van der Waals surface area contributed by atoms with E-state index in [1.165, 1.54) is 0 Å². The number of nitrogens with zero attached hydrogens (tertiary/aromatic N) is 1. The van der Waals surface area contributed by atoms with Crippen LogP contribution in [0.5, 0.6) is 11.5 Å². The van der Waals surface area contributed by atoms with E-state index < -0.39 is 52.6 Å². The zero-order chi connectivity index (χ0) is 21.9. The molecule has 1 amide bonds. The van der Waals surface area contributed by atoms with Crippen molar-refractivity contribution in [3.05, 3.63) is 58.1 Å². The molecule has 1 aliphatic rings. The predicted molar refractivity (Wildman–Crippen MR) is 94.0 cm³/mol. The van der Waals surface area contributed by atoms with Crippen LogP contribution in [-0.4, -0.2) is 36.1 Å². The van der Waals surface area contributed by atoms with Gasteiger partial charge in [-0.2, -0.15) is 13.2 Å². The fourth-order valence-electron chi connectivity index (χ4n) is 2.54. The Morgan fingerprint density at radius 3 is 2.57 bits per heavy atom. The first-order chi connectivity index (χ1) is 14.1. The Labute approximate surface area is 166 Å². The Morgan fingerprint density at radius 1 is 1.20 bits per heavy atom. The smallest absolute Gasteiger partial charge is 0.418 e. The molecule has 0 spiro atoms. The van der Waals surface area contributed by atoms with Crippen molar-refractivity contribution in [1.29, 1.82) is 0 Å². The van der Waals surface area contributed by atoms with Gasteiger partial charge in [0.05, 0.1) is 16.2 Å². The topological polar surface area (TPSA) is 117 Å². The highest BCUT2D eigenvalue weighted by atomic mass is 19.4. The first kappa shape index (κ1) is 20.9. The second-order valence-corrected chi connectivity index (χ2v) is 6.00. The highest BCUT2D eigenvalue weighted by Gasteiger charge is 2.36. The number of non-ortho nitro benzene ring substituents is 1. The summed E-state index contributed by atoms with van der Waals surface area (Å²) in [6.07, 6.45) is -6.11. The minimum absolute atomic E-state index is 0.169. The number of amides is 1. The molecule has 3 rings (SSSR count). The monoisotopic (exact) mass is 426 g/mol. The van der Waals surface area contributed by atoms with Crippen molar-refractivity contribution in [1.82, 2.24) is 0 Å². The number of hydrogen-bond acceptors (Lipinski definition) is 7. The third-order valence-electron chi connectivity index (χ3n) is 3.91. The lowest BCUT2D eigenvalue weighted by Crippen LogP contribution is -2.39. The summed E-state index contributed by atoms with van der Waals surface area (Å²) in [6, 6.07) is 8.41. The van der Waals surface area contributed by atoms with Gasteiger partial charge in [0.15, 0.2) is 18.1 Å². The van der Waals surface area contributed by atoms with E-state index >= 15 is 0 Å². The minimum Gasteiger partial charge on any atom is -0.485 e. The number of carbonyl (C=O) groups excluding carboxylic acids is 2. The number of nitro benzene ring substituents is 1. The van der Waals surface area contributed by atoms with E-state index in [0.29, 0.717) is 17.6 Å². The molecule has 0 saturated carbocycles. The minimum atomic E-state index is -4.95. The molecule has 1 aliphatic heterocycles. The number of nitro groups is 1. The molecule has 1 atom stereocenters. The lowest BCUT2D eigenvalue weighted by Gasteiger charge is -2.24. The Hall–Kier alpha value is -3.83. The summed E-state index contributed by atoms with van der Waals surface area (Å²) in [5.41, 5.74) is -2.90. The quantitative estimate of drug-likeness (QED) is 0.444. The average Bonchev–Trinajstić information content (AvgIpc) is 2.71. The third kappa shape index (κ3) is 4.77. The fraction of sp³-hybridized carbons (Fsp3) is 0.222. The van der Waals surface area contributed by atoms with Crippen molar-refractivity contribution in [2.75, 3.05) is 18.5 Å². The van der Waals surface area contributed by atoms with Crippen molar-refractivity contribution < 1.29 is 41.9 Å². The van der Waals surface area contributed by atoms with Crippen LogP contribution in [0, 0.1) is 10.1 Å². The van der Waals surface area contributed by atoms with Gasteiger partial charge in [-0.05, 0) is 18.2 Å². The normalized spacial score (nSPS) is 15.2. The number of hydrogen-bond donors (Lipinski definition) is 1. The van der Waals surface area contributed by atoms with Crippen molar-refractivity contribution in [2.45, 2.75) is 12.3 Å². The number of ether oxygens (including phenoxy) is 3. The molecule has 30 heavy (non-hydrogen) atoms. The summed E-state index contributed by atoms with van der Waals surface area (Å²) in [5.74, 6) is -1.28. The standard InChI is InChI=1S/C18H13F3N2O7/c19-18(20,21)11-7-10(23(26)27)5-6-12(11)22-16(24)9-29-17(25)15-8-28-13-3-1-2-4-14(13)30-15/h1-7,15H,8-9H2,(H,22,24). The van der Waals surface area contributed by atoms with Crippen molar-refractivity contribution in [3.8, 4) is 11.5 Å². The summed E-state index contributed by atoms with van der Waals surface area (Å²) < 4.78 is 54.9. The number of anilines is 1. The van der Waals surface area contributed by atoms with Gasteiger partial charge in [0.2, 0.25) is 6.10 Å². The second kappa shape index (κ2) is 8.27. The Kier molecular flexibility index (Phi) is 5.76. The highest BCUT2D eigenvalue weighted by Crippen LogP contribution is 2.37. The molecule has 0 aliphatic carbocycles. The number of nitrogens with one attached hydrogen (secondary N) is 1. The van der Waals surface area contributed by atoms with Gasteiger partial charge in [0, 0.05) is 12.1 Å². The molecule has 0 radical (unpaired) electrons. The molecule has 0 bridgehead atoms. The molecule has 9 nitrogen and oxygen atoms in total. The number of halogens is 3. The van der Waals surface area contributed by atoms with Crippen LogP contribution in [0.3, 0.4) is 0 Å². The lowest BCUT2D eigenvalue weighted by molar-refractivity contribution is -0.385. The van der Waals surface area contributed by atoms with E-state index in [0.717, 1.165) is 12.1 Å².